The van der Waals surface area contributed by atoms with Crippen LogP contribution in [0.2, 0.25) is 0 Å². The molecule has 20 heavy (non-hydrogen) atoms. The molecular formula is C14H18N4O2. The number of non-ortho nitro benzene ring substituents is 1. The number of nitro groups is 1. The van der Waals surface area contributed by atoms with Crippen molar-refractivity contribution in [3.63, 3.8) is 0 Å². The molecule has 1 aromatic rings. The first kappa shape index (κ1) is 14.3. The number of nitrogens with one attached hydrogen (secondary N) is 2. The molecule has 1 aliphatic heterocycles. The van der Waals surface area contributed by atoms with Gasteiger partial charge < -0.3 is 10.6 Å². The molecule has 1 saturated heterocycles. The molecule has 0 amide bonds. The topological polar surface area (TPSA) is 91.0 Å². The van der Waals surface area contributed by atoms with Gasteiger partial charge in [0.05, 0.1) is 16.2 Å². The molecule has 0 aromatic heterocycles. The highest BCUT2D eigenvalue weighted by Gasteiger charge is 2.13. The first-order chi connectivity index (χ1) is 9.70. The fraction of sp³-hybridized carbons (Fsp3) is 0.500. The smallest absolute Gasteiger partial charge is 0.270 e. The van der Waals surface area contributed by atoms with Crippen molar-refractivity contribution in [1.29, 1.82) is 5.26 Å². The number of rotatable bonds is 5. The van der Waals surface area contributed by atoms with E-state index >= 15 is 0 Å². The lowest BCUT2D eigenvalue weighted by atomic mass is 9.96. The van der Waals surface area contributed by atoms with Gasteiger partial charge in [-0.1, -0.05) is 0 Å². The largest absolute Gasteiger partial charge is 0.384 e. The Morgan fingerprint density at radius 2 is 2.40 bits per heavy atom. The summed E-state index contributed by atoms with van der Waals surface area (Å²) in [4.78, 5) is 10.2. The normalized spacial score (nSPS) is 18.2. The van der Waals surface area contributed by atoms with Crippen LogP contribution in [0.4, 0.5) is 11.4 Å². The first-order valence-corrected chi connectivity index (χ1v) is 6.84. The van der Waals surface area contributed by atoms with Gasteiger partial charge in [-0.3, -0.25) is 10.1 Å². The Morgan fingerprint density at radius 3 is 3.05 bits per heavy atom. The summed E-state index contributed by atoms with van der Waals surface area (Å²) in [5.74, 6) is 0.667. The molecule has 106 valence electrons. The van der Waals surface area contributed by atoms with E-state index in [9.17, 15) is 10.1 Å². The number of hydrogen-bond donors (Lipinski definition) is 2. The molecule has 0 spiro atoms. The first-order valence-electron chi connectivity index (χ1n) is 6.84. The molecule has 1 fully saturated rings. The third-order valence-corrected chi connectivity index (χ3v) is 3.60. The fourth-order valence-corrected chi connectivity index (χ4v) is 2.47. The van der Waals surface area contributed by atoms with Crippen LogP contribution in [0.25, 0.3) is 0 Å². The molecule has 1 heterocycles. The summed E-state index contributed by atoms with van der Waals surface area (Å²) in [7, 11) is 0. The maximum Gasteiger partial charge on any atom is 0.270 e. The Bertz CT molecular complexity index is 518. The highest BCUT2D eigenvalue weighted by Crippen LogP contribution is 2.22. The van der Waals surface area contributed by atoms with Crippen LogP contribution in [-0.4, -0.2) is 24.6 Å². The van der Waals surface area contributed by atoms with Gasteiger partial charge in [-0.15, -0.1) is 0 Å². The van der Waals surface area contributed by atoms with Crippen molar-refractivity contribution in [2.24, 2.45) is 5.92 Å². The number of nitrogens with zero attached hydrogens (tertiary/aromatic N) is 2. The number of anilines is 1. The molecular weight excluding hydrogens is 256 g/mol. The Morgan fingerprint density at radius 1 is 1.55 bits per heavy atom. The molecule has 0 radical (unpaired) electrons. The minimum atomic E-state index is -0.488. The highest BCUT2D eigenvalue weighted by atomic mass is 16.6. The number of benzene rings is 1. The molecule has 1 aliphatic rings. The summed E-state index contributed by atoms with van der Waals surface area (Å²) >= 11 is 0. The molecule has 6 nitrogen and oxygen atoms in total. The van der Waals surface area contributed by atoms with Crippen molar-refractivity contribution in [3.8, 4) is 6.07 Å². The molecule has 1 unspecified atom stereocenters. The van der Waals surface area contributed by atoms with E-state index in [1.807, 2.05) is 6.07 Å². The number of nitriles is 1. The summed E-state index contributed by atoms with van der Waals surface area (Å²) in [6, 6.07) is 6.34. The Labute approximate surface area is 117 Å². The summed E-state index contributed by atoms with van der Waals surface area (Å²) in [5, 5.41) is 26.3. The molecule has 1 aromatic carbocycles. The van der Waals surface area contributed by atoms with E-state index in [1.165, 1.54) is 25.0 Å². The third kappa shape index (κ3) is 3.68. The van der Waals surface area contributed by atoms with Gasteiger partial charge in [-0.05, 0) is 44.3 Å². The zero-order valence-electron chi connectivity index (χ0n) is 11.3. The van der Waals surface area contributed by atoms with E-state index in [1.54, 1.807) is 6.07 Å². The minimum absolute atomic E-state index is 0.0522. The second-order valence-corrected chi connectivity index (χ2v) is 5.03. The summed E-state index contributed by atoms with van der Waals surface area (Å²) in [5.41, 5.74) is 0.936. The zero-order valence-corrected chi connectivity index (χ0v) is 11.3. The Kier molecular flexibility index (Phi) is 4.91. The SMILES string of the molecule is N#Cc1cc([N+](=O)[O-])ccc1NCCC1CCCNC1. The minimum Gasteiger partial charge on any atom is -0.384 e. The second-order valence-electron chi connectivity index (χ2n) is 5.03. The van der Waals surface area contributed by atoms with Crippen LogP contribution < -0.4 is 10.6 Å². The Balaban J connectivity index is 1.92. The van der Waals surface area contributed by atoms with Gasteiger partial charge in [0.25, 0.3) is 5.69 Å². The van der Waals surface area contributed by atoms with Gasteiger partial charge in [0.1, 0.15) is 6.07 Å². The van der Waals surface area contributed by atoms with E-state index in [2.05, 4.69) is 10.6 Å². The lowest BCUT2D eigenvalue weighted by molar-refractivity contribution is -0.384. The van der Waals surface area contributed by atoms with Crippen LogP contribution in [0.3, 0.4) is 0 Å². The molecule has 6 heteroatoms. The molecule has 0 bridgehead atoms. The van der Waals surface area contributed by atoms with Gasteiger partial charge in [0, 0.05) is 18.7 Å². The average Bonchev–Trinajstić information content (AvgIpc) is 2.48. The zero-order chi connectivity index (χ0) is 14.4. The van der Waals surface area contributed by atoms with Gasteiger partial charge in [0.2, 0.25) is 0 Å². The second kappa shape index (κ2) is 6.87. The van der Waals surface area contributed by atoms with Crippen LogP contribution in [0, 0.1) is 27.4 Å². The van der Waals surface area contributed by atoms with Gasteiger partial charge in [-0.25, -0.2) is 0 Å². The van der Waals surface area contributed by atoms with Crippen molar-refractivity contribution in [3.05, 3.63) is 33.9 Å². The summed E-state index contributed by atoms with van der Waals surface area (Å²) in [6.07, 6.45) is 3.49. The predicted molar refractivity (Wildman–Crippen MR) is 76.5 cm³/mol. The van der Waals surface area contributed by atoms with Crippen LogP contribution in [-0.2, 0) is 0 Å². The predicted octanol–water partition coefficient (Wildman–Crippen LogP) is 2.27. The number of nitro benzene ring substituents is 1. The van der Waals surface area contributed by atoms with E-state index in [4.69, 9.17) is 5.26 Å². The molecule has 2 N–H and O–H groups in total. The maximum atomic E-state index is 10.7. The summed E-state index contributed by atoms with van der Waals surface area (Å²) in [6.45, 7) is 2.93. The van der Waals surface area contributed by atoms with E-state index < -0.39 is 4.92 Å². The summed E-state index contributed by atoms with van der Waals surface area (Å²) < 4.78 is 0. The lowest BCUT2D eigenvalue weighted by Gasteiger charge is -2.22. The number of piperidine rings is 1. The highest BCUT2D eigenvalue weighted by molar-refractivity contribution is 5.61. The monoisotopic (exact) mass is 274 g/mol. The van der Waals surface area contributed by atoms with Gasteiger partial charge >= 0.3 is 0 Å². The molecule has 0 saturated carbocycles. The molecule has 0 aliphatic carbocycles. The maximum absolute atomic E-state index is 10.7. The average molecular weight is 274 g/mol. The van der Waals surface area contributed by atoms with Crippen molar-refractivity contribution in [2.45, 2.75) is 19.3 Å². The number of hydrogen-bond acceptors (Lipinski definition) is 5. The lowest BCUT2D eigenvalue weighted by Crippen LogP contribution is -2.30. The van der Waals surface area contributed by atoms with E-state index in [-0.39, 0.29) is 5.69 Å². The van der Waals surface area contributed by atoms with E-state index in [0.717, 1.165) is 26.1 Å². The van der Waals surface area contributed by atoms with Gasteiger partial charge in [-0.2, -0.15) is 5.26 Å². The van der Waals surface area contributed by atoms with E-state index in [0.29, 0.717) is 17.2 Å². The Hall–Kier alpha value is -2.13. The van der Waals surface area contributed by atoms with Crippen LogP contribution in [0.5, 0.6) is 0 Å². The van der Waals surface area contributed by atoms with Crippen LogP contribution in [0.15, 0.2) is 18.2 Å². The van der Waals surface area contributed by atoms with Crippen molar-refractivity contribution in [1.82, 2.24) is 5.32 Å². The fourth-order valence-electron chi connectivity index (χ4n) is 2.47. The molecule has 1 atom stereocenters. The van der Waals surface area contributed by atoms with Crippen molar-refractivity contribution >= 4 is 11.4 Å². The van der Waals surface area contributed by atoms with Gasteiger partial charge in [0.15, 0.2) is 0 Å². The standard InChI is InChI=1S/C14H18N4O2/c15-9-12-8-13(18(19)20)3-4-14(12)17-7-5-11-2-1-6-16-10-11/h3-4,8,11,16-17H,1-2,5-7,10H2. The van der Waals surface area contributed by atoms with Crippen molar-refractivity contribution < 1.29 is 4.92 Å². The van der Waals surface area contributed by atoms with Crippen LogP contribution >= 0.6 is 0 Å². The quantitative estimate of drug-likeness (QED) is 0.635. The molecule has 2 rings (SSSR count). The van der Waals surface area contributed by atoms with Crippen LogP contribution in [0.1, 0.15) is 24.8 Å². The third-order valence-electron chi connectivity index (χ3n) is 3.60. The van der Waals surface area contributed by atoms with Crippen molar-refractivity contribution in [2.75, 3.05) is 25.0 Å².